The molecule has 1 atom stereocenters. The number of hydrogen-bond acceptors (Lipinski definition) is 3. The highest BCUT2D eigenvalue weighted by atomic mass is 79.9. The zero-order valence-electron chi connectivity index (χ0n) is 9.03. The first-order valence-electron chi connectivity index (χ1n) is 4.97. The molecule has 1 aromatic carbocycles. The Balaban J connectivity index is 2.70. The predicted molar refractivity (Wildman–Crippen MR) is 66.0 cm³/mol. The summed E-state index contributed by atoms with van der Waals surface area (Å²) < 4.78 is 0.923. The van der Waals surface area contributed by atoms with Gasteiger partial charge in [-0.05, 0) is 24.7 Å². The Morgan fingerprint density at radius 2 is 2.31 bits per heavy atom. The Kier molecular flexibility index (Phi) is 5.45. The smallest absolute Gasteiger partial charge is 0.234 e. The van der Waals surface area contributed by atoms with Gasteiger partial charge in [-0.15, -0.1) is 0 Å². The van der Waals surface area contributed by atoms with Gasteiger partial charge in [0.25, 0.3) is 0 Å². The molecule has 0 saturated carbocycles. The first kappa shape index (κ1) is 13.2. The van der Waals surface area contributed by atoms with Crippen LogP contribution >= 0.6 is 15.9 Å². The van der Waals surface area contributed by atoms with E-state index in [4.69, 9.17) is 0 Å². The lowest BCUT2D eigenvalue weighted by Gasteiger charge is -2.16. The third-order valence-electron chi connectivity index (χ3n) is 2.11. The number of halogens is 1. The normalized spacial score (nSPS) is 12.2. The molecule has 5 heteroatoms. The second-order valence-electron chi connectivity index (χ2n) is 3.39. The molecule has 0 fully saturated rings. The largest absolute Gasteiger partial charge is 0.394 e. The molecule has 4 nitrogen and oxygen atoms in total. The fourth-order valence-corrected chi connectivity index (χ4v) is 1.78. The van der Waals surface area contributed by atoms with Crippen molar-refractivity contribution in [2.75, 3.05) is 20.2 Å². The minimum atomic E-state index is -0.363. The Labute approximate surface area is 103 Å². The van der Waals surface area contributed by atoms with Crippen molar-refractivity contribution in [3.8, 4) is 0 Å². The summed E-state index contributed by atoms with van der Waals surface area (Å²) in [6.45, 7) is 0.121. The number of rotatable bonds is 5. The van der Waals surface area contributed by atoms with Gasteiger partial charge in [-0.25, -0.2) is 0 Å². The number of amides is 1. The fraction of sp³-hybridized carbons (Fsp3) is 0.364. The molecule has 3 N–H and O–H groups in total. The van der Waals surface area contributed by atoms with Crippen LogP contribution in [0.3, 0.4) is 0 Å². The van der Waals surface area contributed by atoms with Crippen LogP contribution in [0.25, 0.3) is 0 Å². The van der Waals surface area contributed by atoms with Crippen molar-refractivity contribution in [1.82, 2.24) is 10.6 Å². The molecule has 16 heavy (non-hydrogen) atoms. The van der Waals surface area contributed by atoms with Crippen LogP contribution in [-0.2, 0) is 4.79 Å². The summed E-state index contributed by atoms with van der Waals surface area (Å²) in [5.41, 5.74) is 0.876. The maximum Gasteiger partial charge on any atom is 0.234 e. The molecule has 0 saturated heterocycles. The molecule has 1 aromatic rings. The van der Waals surface area contributed by atoms with E-state index in [0.717, 1.165) is 10.0 Å². The van der Waals surface area contributed by atoms with Crippen molar-refractivity contribution in [2.45, 2.75) is 6.04 Å². The molecular formula is C11H15BrN2O2. The van der Waals surface area contributed by atoms with Gasteiger partial charge in [0.15, 0.2) is 0 Å². The van der Waals surface area contributed by atoms with Gasteiger partial charge in [-0.2, -0.15) is 0 Å². The van der Waals surface area contributed by atoms with Crippen molar-refractivity contribution in [1.29, 1.82) is 0 Å². The minimum Gasteiger partial charge on any atom is -0.394 e. The second kappa shape index (κ2) is 6.62. The Bertz CT molecular complexity index is 358. The molecule has 0 heterocycles. The molecule has 0 aliphatic rings. The van der Waals surface area contributed by atoms with Gasteiger partial charge in [-0.1, -0.05) is 28.1 Å². The second-order valence-corrected chi connectivity index (χ2v) is 4.30. The average molecular weight is 287 g/mol. The zero-order chi connectivity index (χ0) is 12.0. The molecule has 0 aliphatic heterocycles. The van der Waals surface area contributed by atoms with Crippen LogP contribution in [0.1, 0.15) is 11.6 Å². The zero-order valence-corrected chi connectivity index (χ0v) is 10.6. The minimum absolute atomic E-state index is 0.119. The summed E-state index contributed by atoms with van der Waals surface area (Å²) in [7, 11) is 1.70. The summed E-state index contributed by atoms with van der Waals surface area (Å²) in [6, 6.07) is 7.14. The molecule has 0 spiro atoms. The molecule has 1 amide bonds. The van der Waals surface area contributed by atoms with Crippen molar-refractivity contribution < 1.29 is 9.90 Å². The van der Waals surface area contributed by atoms with E-state index in [1.54, 1.807) is 7.05 Å². The van der Waals surface area contributed by atoms with Gasteiger partial charge < -0.3 is 15.7 Å². The number of benzene rings is 1. The number of aliphatic hydroxyl groups is 1. The molecular weight excluding hydrogens is 272 g/mol. The molecule has 1 rings (SSSR count). The lowest BCUT2D eigenvalue weighted by molar-refractivity contribution is -0.121. The number of carbonyl (C=O) groups excluding carboxylic acids is 1. The lowest BCUT2D eigenvalue weighted by Crippen LogP contribution is -2.36. The number of carbonyl (C=O) groups is 1. The molecule has 0 aliphatic carbocycles. The van der Waals surface area contributed by atoms with E-state index in [1.165, 1.54) is 0 Å². The summed E-state index contributed by atoms with van der Waals surface area (Å²) in [5, 5.41) is 14.7. The van der Waals surface area contributed by atoms with E-state index in [1.807, 2.05) is 24.3 Å². The van der Waals surface area contributed by atoms with Gasteiger partial charge in [0.1, 0.15) is 0 Å². The average Bonchev–Trinajstić information content (AvgIpc) is 2.26. The third-order valence-corrected chi connectivity index (χ3v) is 2.60. The monoisotopic (exact) mass is 286 g/mol. The van der Waals surface area contributed by atoms with Gasteiger partial charge in [0.05, 0.1) is 19.2 Å². The Morgan fingerprint density at radius 1 is 1.56 bits per heavy atom. The van der Waals surface area contributed by atoms with Gasteiger partial charge in [-0.3, -0.25) is 4.79 Å². The highest BCUT2D eigenvalue weighted by molar-refractivity contribution is 9.10. The summed E-state index contributed by atoms with van der Waals surface area (Å²) in [5.74, 6) is -0.137. The summed E-state index contributed by atoms with van der Waals surface area (Å²) in [4.78, 5) is 11.4. The maximum atomic E-state index is 11.4. The molecule has 88 valence electrons. The quantitative estimate of drug-likeness (QED) is 0.751. The highest BCUT2D eigenvalue weighted by Crippen LogP contribution is 2.17. The Morgan fingerprint density at radius 3 is 2.88 bits per heavy atom. The van der Waals surface area contributed by atoms with E-state index < -0.39 is 0 Å². The molecule has 1 unspecified atom stereocenters. The molecule has 0 radical (unpaired) electrons. The topological polar surface area (TPSA) is 61.4 Å². The van der Waals surface area contributed by atoms with Crippen LogP contribution < -0.4 is 10.6 Å². The van der Waals surface area contributed by atoms with Crippen molar-refractivity contribution in [2.24, 2.45) is 0 Å². The van der Waals surface area contributed by atoms with E-state index in [0.29, 0.717) is 0 Å². The van der Waals surface area contributed by atoms with Gasteiger partial charge in [0, 0.05) is 4.47 Å². The number of hydrogen-bond donors (Lipinski definition) is 3. The molecule has 0 bridgehead atoms. The third kappa shape index (κ3) is 3.92. The number of likely N-dealkylation sites (N-methyl/N-ethyl adjacent to an activating group) is 1. The lowest BCUT2D eigenvalue weighted by atomic mass is 10.1. The number of aliphatic hydroxyl groups excluding tert-OH is 1. The van der Waals surface area contributed by atoms with Gasteiger partial charge >= 0.3 is 0 Å². The first-order valence-corrected chi connectivity index (χ1v) is 5.77. The van der Waals surface area contributed by atoms with Crippen LogP contribution in [0.15, 0.2) is 28.7 Å². The fourth-order valence-electron chi connectivity index (χ4n) is 1.36. The standard InChI is InChI=1S/C11H15BrN2O2/c1-13-6-11(16)14-10(7-15)8-3-2-4-9(12)5-8/h2-5,10,13,15H,6-7H2,1H3,(H,14,16). The maximum absolute atomic E-state index is 11.4. The SMILES string of the molecule is CNCC(=O)NC(CO)c1cccc(Br)c1. The van der Waals surface area contributed by atoms with Crippen LogP contribution in [0, 0.1) is 0 Å². The molecule has 0 aromatic heterocycles. The van der Waals surface area contributed by atoms with Crippen LogP contribution in [-0.4, -0.2) is 31.2 Å². The number of nitrogens with one attached hydrogen (secondary N) is 2. The van der Waals surface area contributed by atoms with Gasteiger partial charge in [0.2, 0.25) is 5.91 Å². The van der Waals surface area contributed by atoms with Crippen molar-refractivity contribution >= 4 is 21.8 Å². The first-order chi connectivity index (χ1) is 7.67. The van der Waals surface area contributed by atoms with Crippen molar-refractivity contribution in [3.05, 3.63) is 34.3 Å². The Hall–Kier alpha value is -0.910. The summed E-state index contributed by atoms with van der Waals surface area (Å²) in [6.07, 6.45) is 0. The van der Waals surface area contributed by atoms with Crippen LogP contribution in [0.2, 0.25) is 0 Å². The van der Waals surface area contributed by atoms with E-state index >= 15 is 0 Å². The van der Waals surface area contributed by atoms with E-state index in [9.17, 15) is 9.90 Å². The van der Waals surface area contributed by atoms with Crippen LogP contribution in [0.5, 0.6) is 0 Å². The van der Waals surface area contributed by atoms with E-state index in [2.05, 4.69) is 26.6 Å². The highest BCUT2D eigenvalue weighted by Gasteiger charge is 2.12. The van der Waals surface area contributed by atoms with E-state index in [-0.39, 0.29) is 25.1 Å². The predicted octanol–water partition coefficient (Wildman–Crippen LogP) is 0.818. The summed E-state index contributed by atoms with van der Waals surface area (Å²) >= 11 is 3.35. The van der Waals surface area contributed by atoms with Crippen molar-refractivity contribution in [3.63, 3.8) is 0 Å². The van der Waals surface area contributed by atoms with Crippen LogP contribution in [0.4, 0.5) is 0 Å².